The van der Waals surface area contributed by atoms with Crippen LogP contribution in [0.3, 0.4) is 0 Å². The van der Waals surface area contributed by atoms with Gasteiger partial charge in [0.05, 0.1) is 12.2 Å². The molecule has 0 aromatic heterocycles. The van der Waals surface area contributed by atoms with Crippen LogP contribution in [0.25, 0.3) is 0 Å². The van der Waals surface area contributed by atoms with E-state index in [0.29, 0.717) is 6.61 Å². The molecule has 0 N–H and O–H groups in total. The van der Waals surface area contributed by atoms with Crippen LogP contribution in [-0.2, 0) is 11.3 Å². The first-order chi connectivity index (χ1) is 6.79. The largest absolute Gasteiger partial charge is 0.371 e. The van der Waals surface area contributed by atoms with E-state index in [0.717, 1.165) is 0 Å². The molecule has 15 heavy (non-hydrogen) atoms. The summed E-state index contributed by atoms with van der Waals surface area (Å²) in [5.41, 5.74) is 3.70. The van der Waals surface area contributed by atoms with E-state index in [9.17, 15) is 0 Å². The molecule has 2 heteroatoms. The topological polar surface area (TPSA) is 9.23 Å². The summed E-state index contributed by atoms with van der Waals surface area (Å²) in [5.74, 6) is 0. The summed E-state index contributed by atoms with van der Waals surface area (Å²) in [6, 6.07) is 4.34. The molecule has 0 unspecified atom stereocenters. The Balaban J connectivity index is 2.80. The molecule has 1 aromatic rings. The van der Waals surface area contributed by atoms with Crippen molar-refractivity contribution in [1.82, 2.24) is 0 Å². The average molecular weight is 271 g/mol. The number of hydrogen-bond donors (Lipinski definition) is 0. The van der Waals surface area contributed by atoms with Crippen molar-refractivity contribution >= 4 is 15.9 Å². The summed E-state index contributed by atoms with van der Waals surface area (Å²) in [5, 5.41) is 0. The number of aryl methyl sites for hydroxylation is 2. The predicted molar refractivity (Wildman–Crippen MR) is 68.2 cm³/mol. The lowest BCUT2D eigenvalue weighted by Gasteiger charge is -2.20. The van der Waals surface area contributed by atoms with Crippen molar-refractivity contribution in [3.63, 3.8) is 0 Å². The minimum Gasteiger partial charge on any atom is -0.371 e. The van der Waals surface area contributed by atoms with Gasteiger partial charge in [-0.1, -0.05) is 28.1 Å². The summed E-state index contributed by atoms with van der Waals surface area (Å²) in [6.07, 6.45) is 0. The Bertz CT molecular complexity index is 327. The van der Waals surface area contributed by atoms with Gasteiger partial charge in [0.25, 0.3) is 0 Å². The maximum absolute atomic E-state index is 5.75. The number of rotatable bonds is 2. The van der Waals surface area contributed by atoms with Gasteiger partial charge in [0.2, 0.25) is 0 Å². The van der Waals surface area contributed by atoms with Gasteiger partial charge in [-0.05, 0) is 51.3 Å². The maximum Gasteiger partial charge on any atom is 0.0724 e. The number of hydrogen-bond acceptors (Lipinski definition) is 1. The second-order valence-electron chi connectivity index (χ2n) is 4.94. The summed E-state index contributed by atoms with van der Waals surface area (Å²) >= 11 is 3.56. The minimum atomic E-state index is -0.0745. The van der Waals surface area contributed by atoms with Crippen LogP contribution in [0.5, 0.6) is 0 Å². The zero-order chi connectivity index (χ0) is 11.6. The zero-order valence-corrected chi connectivity index (χ0v) is 11.7. The molecule has 1 nitrogen and oxygen atoms in total. The van der Waals surface area contributed by atoms with Crippen molar-refractivity contribution < 1.29 is 4.74 Å². The molecule has 0 aliphatic carbocycles. The molecule has 0 heterocycles. The molecule has 0 saturated heterocycles. The van der Waals surface area contributed by atoms with Gasteiger partial charge in [0.1, 0.15) is 0 Å². The first-order valence-electron chi connectivity index (χ1n) is 5.19. The summed E-state index contributed by atoms with van der Waals surface area (Å²) < 4.78 is 6.95. The third-order valence-corrected chi connectivity index (χ3v) is 3.42. The van der Waals surface area contributed by atoms with Gasteiger partial charge in [-0.3, -0.25) is 0 Å². The lowest BCUT2D eigenvalue weighted by atomic mass is 10.1. The number of ether oxygens (including phenoxy) is 1. The van der Waals surface area contributed by atoms with Gasteiger partial charge in [0, 0.05) is 4.47 Å². The average Bonchev–Trinajstić information content (AvgIpc) is 2.09. The number of benzene rings is 1. The van der Waals surface area contributed by atoms with Crippen molar-refractivity contribution in [2.75, 3.05) is 0 Å². The van der Waals surface area contributed by atoms with Crippen LogP contribution in [0.4, 0.5) is 0 Å². The van der Waals surface area contributed by atoms with Crippen LogP contribution in [0.15, 0.2) is 16.6 Å². The van der Waals surface area contributed by atoms with Gasteiger partial charge in [-0.2, -0.15) is 0 Å². The monoisotopic (exact) mass is 270 g/mol. The van der Waals surface area contributed by atoms with E-state index in [2.05, 4.69) is 62.7 Å². The van der Waals surface area contributed by atoms with E-state index in [1.165, 1.54) is 21.2 Å². The van der Waals surface area contributed by atoms with Crippen molar-refractivity contribution in [2.24, 2.45) is 0 Å². The zero-order valence-electron chi connectivity index (χ0n) is 10.1. The highest BCUT2D eigenvalue weighted by atomic mass is 79.9. The van der Waals surface area contributed by atoms with Crippen LogP contribution >= 0.6 is 15.9 Å². The van der Waals surface area contributed by atoms with Crippen LogP contribution in [0.2, 0.25) is 0 Å². The fourth-order valence-corrected chi connectivity index (χ4v) is 1.65. The highest BCUT2D eigenvalue weighted by Crippen LogP contribution is 2.23. The highest BCUT2D eigenvalue weighted by molar-refractivity contribution is 9.10. The molecule has 0 amide bonds. The Kier molecular flexibility index (Phi) is 3.96. The van der Waals surface area contributed by atoms with Crippen molar-refractivity contribution in [1.29, 1.82) is 0 Å². The Morgan fingerprint density at radius 3 is 2.00 bits per heavy atom. The predicted octanol–water partition coefficient (Wildman–Crippen LogP) is 4.38. The van der Waals surface area contributed by atoms with Gasteiger partial charge in [-0.15, -0.1) is 0 Å². The Morgan fingerprint density at radius 1 is 1.13 bits per heavy atom. The normalized spacial score (nSPS) is 11.9. The smallest absolute Gasteiger partial charge is 0.0724 e. The second-order valence-corrected chi connectivity index (χ2v) is 5.74. The van der Waals surface area contributed by atoms with E-state index in [4.69, 9.17) is 4.74 Å². The van der Waals surface area contributed by atoms with Crippen LogP contribution in [0.1, 0.15) is 37.5 Å². The van der Waals surface area contributed by atoms with Gasteiger partial charge in [0.15, 0.2) is 0 Å². The molecule has 1 aromatic carbocycles. The first kappa shape index (κ1) is 12.7. The van der Waals surface area contributed by atoms with E-state index in [-0.39, 0.29) is 5.60 Å². The van der Waals surface area contributed by atoms with Crippen molar-refractivity contribution in [3.05, 3.63) is 33.3 Å². The third kappa shape index (κ3) is 3.96. The molecule has 0 fully saturated rings. The van der Waals surface area contributed by atoms with E-state index in [1.54, 1.807) is 0 Å². The lowest BCUT2D eigenvalue weighted by Crippen LogP contribution is -2.18. The van der Waals surface area contributed by atoms with E-state index in [1.807, 2.05) is 0 Å². The molecular formula is C13H19BrO. The minimum absolute atomic E-state index is 0.0745. The fraction of sp³-hybridized carbons (Fsp3) is 0.538. The van der Waals surface area contributed by atoms with E-state index < -0.39 is 0 Å². The summed E-state index contributed by atoms with van der Waals surface area (Å²) in [4.78, 5) is 0. The molecule has 0 spiro atoms. The number of halogens is 1. The second kappa shape index (κ2) is 4.67. The standard InChI is InChI=1S/C13H19BrO/c1-9-6-11(7-10(2)12(9)14)8-15-13(3,4)5/h6-7H,8H2,1-5H3. The molecule has 0 aliphatic heterocycles. The molecule has 0 aliphatic rings. The SMILES string of the molecule is Cc1cc(COC(C)(C)C)cc(C)c1Br. The lowest BCUT2D eigenvalue weighted by molar-refractivity contribution is -0.0150. The molecular weight excluding hydrogens is 252 g/mol. The first-order valence-corrected chi connectivity index (χ1v) is 5.98. The molecule has 0 atom stereocenters. The molecule has 84 valence electrons. The van der Waals surface area contributed by atoms with Crippen LogP contribution in [0, 0.1) is 13.8 Å². The fourth-order valence-electron chi connectivity index (χ4n) is 1.42. The molecule has 0 radical (unpaired) electrons. The van der Waals surface area contributed by atoms with Gasteiger partial charge < -0.3 is 4.74 Å². The van der Waals surface area contributed by atoms with Gasteiger partial charge in [-0.25, -0.2) is 0 Å². The third-order valence-electron chi connectivity index (χ3n) is 2.17. The Morgan fingerprint density at radius 2 is 1.60 bits per heavy atom. The Hall–Kier alpha value is -0.340. The van der Waals surface area contributed by atoms with Crippen molar-refractivity contribution in [3.8, 4) is 0 Å². The van der Waals surface area contributed by atoms with Crippen LogP contribution in [-0.4, -0.2) is 5.60 Å². The molecule has 0 bridgehead atoms. The summed E-state index contributed by atoms with van der Waals surface area (Å²) in [7, 11) is 0. The maximum atomic E-state index is 5.75. The molecule has 0 saturated carbocycles. The quantitative estimate of drug-likeness (QED) is 0.775. The summed E-state index contributed by atoms with van der Waals surface area (Å²) in [6.45, 7) is 11.1. The van der Waals surface area contributed by atoms with E-state index >= 15 is 0 Å². The van der Waals surface area contributed by atoms with Crippen molar-refractivity contribution in [2.45, 2.75) is 46.8 Å². The van der Waals surface area contributed by atoms with Gasteiger partial charge >= 0.3 is 0 Å². The van der Waals surface area contributed by atoms with Crippen LogP contribution < -0.4 is 0 Å². The Labute approximate surface area is 101 Å². The highest BCUT2D eigenvalue weighted by Gasteiger charge is 2.10. The molecule has 1 rings (SSSR count).